The molecule has 1 aromatic heterocycles. The molecular weight excluding hydrogens is 426 g/mol. The van der Waals surface area contributed by atoms with E-state index in [-0.39, 0.29) is 45.4 Å². The molecule has 0 saturated carbocycles. The molecule has 0 spiro atoms. The summed E-state index contributed by atoms with van der Waals surface area (Å²) in [6, 6.07) is 11.2. The van der Waals surface area contributed by atoms with Gasteiger partial charge in [-0.05, 0) is 30.3 Å². The van der Waals surface area contributed by atoms with E-state index in [1.807, 2.05) is 0 Å². The van der Waals surface area contributed by atoms with Crippen LogP contribution in [0.3, 0.4) is 0 Å². The molecule has 1 heterocycles. The number of ether oxygens (including phenoxy) is 1. The molecular formula is C21H24BrNO5. The molecule has 0 aliphatic rings. The number of nitrogens with zero attached hydrogens (tertiary/aromatic N) is 1. The smallest absolute Gasteiger partial charge is 0.235 e. The van der Waals surface area contributed by atoms with E-state index in [0.29, 0.717) is 23.1 Å². The first-order valence-corrected chi connectivity index (χ1v) is 8.78. The molecule has 6 nitrogen and oxygen atoms in total. The minimum Gasteiger partial charge on any atom is -1.00 e. The van der Waals surface area contributed by atoms with Crippen LogP contribution in [0.2, 0.25) is 0 Å². The molecule has 2 aromatic carbocycles. The number of benzene rings is 2. The van der Waals surface area contributed by atoms with Gasteiger partial charge in [-0.2, -0.15) is 0 Å². The summed E-state index contributed by atoms with van der Waals surface area (Å²) in [4.78, 5) is 13.0. The molecule has 0 fully saturated rings. The molecule has 0 radical (unpaired) electrons. The van der Waals surface area contributed by atoms with E-state index in [4.69, 9.17) is 9.15 Å². The number of hydrogen-bond acceptors (Lipinski definition) is 5. The van der Waals surface area contributed by atoms with Crippen molar-refractivity contribution >= 4 is 11.0 Å². The Balaban J connectivity index is 0.00000280. The molecule has 3 rings (SSSR count). The van der Waals surface area contributed by atoms with E-state index in [2.05, 4.69) is 21.1 Å². The monoisotopic (exact) mass is 449 g/mol. The van der Waals surface area contributed by atoms with Crippen LogP contribution in [0.5, 0.6) is 17.2 Å². The molecule has 0 saturated heterocycles. The van der Waals surface area contributed by atoms with Crippen molar-refractivity contribution in [3.8, 4) is 28.6 Å². The number of phenols is 2. The number of para-hydroxylation sites is 1. The summed E-state index contributed by atoms with van der Waals surface area (Å²) in [5.74, 6) is -0.189. The zero-order valence-electron chi connectivity index (χ0n) is 16.1. The summed E-state index contributed by atoms with van der Waals surface area (Å²) in [6.45, 7) is 1.27. The highest BCUT2D eigenvalue weighted by molar-refractivity contribution is 5.82. The van der Waals surface area contributed by atoms with Gasteiger partial charge in [-0.25, -0.2) is 0 Å². The van der Waals surface area contributed by atoms with Gasteiger partial charge in [-0.15, -0.1) is 0 Å². The van der Waals surface area contributed by atoms with Crippen molar-refractivity contribution in [1.29, 1.82) is 0 Å². The van der Waals surface area contributed by atoms with Crippen LogP contribution < -0.4 is 27.1 Å². The summed E-state index contributed by atoms with van der Waals surface area (Å²) < 4.78 is 12.6. The van der Waals surface area contributed by atoms with Crippen LogP contribution in [0.1, 0.15) is 6.42 Å². The Kier molecular flexibility index (Phi) is 6.74. The van der Waals surface area contributed by atoms with Gasteiger partial charge in [0, 0.05) is 12.0 Å². The molecule has 0 unspecified atom stereocenters. The predicted octanol–water partition coefficient (Wildman–Crippen LogP) is 0.350. The van der Waals surface area contributed by atoms with Crippen LogP contribution in [-0.2, 0) is 0 Å². The van der Waals surface area contributed by atoms with Gasteiger partial charge >= 0.3 is 0 Å². The molecule has 0 bridgehead atoms. The van der Waals surface area contributed by atoms with Gasteiger partial charge in [0.25, 0.3) is 0 Å². The second kappa shape index (κ2) is 8.67. The number of fused-ring (bicyclic) bond motifs is 1. The third-order valence-electron chi connectivity index (χ3n) is 4.21. The van der Waals surface area contributed by atoms with Crippen LogP contribution >= 0.6 is 0 Å². The second-order valence-corrected chi connectivity index (χ2v) is 7.51. The minimum absolute atomic E-state index is 0. The maximum absolute atomic E-state index is 13.0. The molecule has 28 heavy (non-hydrogen) atoms. The van der Waals surface area contributed by atoms with E-state index < -0.39 is 0 Å². The first-order valence-electron chi connectivity index (χ1n) is 8.78. The summed E-state index contributed by atoms with van der Waals surface area (Å²) >= 11 is 0. The maximum Gasteiger partial charge on any atom is 0.235 e. The zero-order valence-corrected chi connectivity index (χ0v) is 17.7. The Bertz CT molecular complexity index is 1020. The Hall–Kier alpha value is -2.51. The van der Waals surface area contributed by atoms with Gasteiger partial charge in [0.1, 0.15) is 5.58 Å². The van der Waals surface area contributed by atoms with E-state index in [1.54, 1.807) is 30.3 Å². The molecule has 150 valence electrons. The van der Waals surface area contributed by atoms with Crippen molar-refractivity contribution < 1.29 is 40.8 Å². The van der Waals surface area contributed by atoms with Crippen LogP contribution in [-0.4, -0.2) is 49.0 Å². The Morgan fingerprint density at radius 1 is 1.04 bits per heavy atom. The number of hydrogen-bond donors (Lipinski definition) is 2. The van der Waals surface area contributed by atoms with Crippen molar-refractivity contribution in [2.45, 2.75) is 6.42 Å². The van der Waals surface area contributed by atoms with Gasteiger partial charge < -0.3 is 40.8 Å². The first kappa shape index (κ1) is 21.8. The highest BCUT2D eigenvalue weighted by atomic mass is 79.9. The van der Waals surface area contributed by atoms with Gasteiger partial charge in [-0.1, -0.05) is 12.1 Å². The van der Waals surface area contributed by atoms with Crippen LogP contribution in [0.25, 0.3) is 22.3 Å². The lowest BCUT2D eigenvalue weighted by Crippen LogP contribution is -3.00. The quantitative estimate of drug-likeness (QED) is 0.322. The number of quaternary nitrogens is 1. The van der Waals surface area contributed by atoms with Crippen LogP contribution in [0.4, 0.5) is 0 Å². The Morgan fingerprint density at radius 2 is 1.75 bits per heavy atom. The molecule has 3 aromatic rings. The largest absolute Gasteiger partial charge is 1.00 e. The van der Waals surface area contributed by atoms with Gasteiger partial charge in [-0.3, -0.25) is 4.79 Å². The van der Waals surface area contributed by atoms with Crippen molar-refractivity contribution in [3.05, 3.63) is 52.7 Å². The summed E-state index contributed by atoms with van der Waals surface area (Å²) in [5.41, 5.74) is 0.628. The van der Waals surface area contributed by atoms with Crippen LogP contribution in [0, 0.1) is 0 Å². The number of aromatic hydroxyl groups is 2. The fraction of sp³-hybridized carbons (Fsp3) is 0.286. The van der Waals surface area contributed by atoms with E-state index in [0.717, 1.165) is 17.4 Å². The lowest BCUT2D eigenvalue weighted by molar-refractivity contribution is -0.870. The highest BCUT2D eigenvalue weighted by Gasteiger charge is 2.19. The summed E-state index contributed by atoms with van der Waals surface area (Å²) in [7, 11) is 6.28. The molecule has 0 atom stereocenters. The van der Waals surface area contributed by atoms with Crippen molar-refractivity contribution in [1.82, 2.24) is 0 Å². The fourth-order valence-corrected chi connectivity index (χ4v) is 2.82. The molecule has 2 N–H and O–H groups in total. The van der Waals surface area contributed by atoms with Crippen molar-refractivity contribution in [2.24, 2.45) is 0 Å². The number of rotatable bonds is 6. The Labute approximate surface area is 174 Å². The lowest BCUT2D eigenvalue weighted by atomic mass is 10.1. The van der Waals surface area contributed by atoms with Gasteiger partial charge in [0.2, 0.25) is 11.2 Å². The standard InChI is InChI=1S/C21H23NO5.BrH/c1-22(2,3)11-6-12-26-21-19(25)15-7-4-5-8-18(15)27-20(21)14-9-10-16(23)17(24)13-14;/h4-5,7-10,13H,6,11-12H2,1-3H3,(H-,23,24,25);1H. The van der Waals surface area contributed by atoms with Crippen LogP contribution in [0.15, 0.2) is 51.7 Å². The summed E-state index contributed by atoms with van der Waals surface area (Å²) in [5, 5.41) is 19.8. The average Bonchev–Trinajstić information content (AvgIpc) is 2.61. The maximum atomic E-state index is 13.0. The normalized spacial score (nSPS) is 11.2. The third-order valence-corrected chi connectivity index (χ3v) is 4.21. The Morgan fingerprint density at radius 3 is 2.43 bits per heavy atom. The van der Waals surface area contributed by atoms with Crippen molar-refractivity contribution in [3.63, 3.8) is 0 Å². The van der Waals surface area contributed by atoms with Crippen molar-refractivity contribution in [2.75, 3.05) is 34.3 Å². The average molecular weight is 450 g/mol. The predicted molar refractivity (Wildman–Crippen MR) is 104 cm³/mol. The highest BCUT2D eigenvalue weighted by Crippen LogP contribution is 2.35. The fourth-order valence-electron chi connectivity index (χ4n) is 2.82. The molecule has 0 aliphatic carbocycles. The van der Waals surface area contributed by atoms with E-state index in [1.165, 1.54) is 12.1 Å². The molecule has 0 aliphatic heterocycles. The molecule has 7 heteroatoms. The number of phenolic OH excluding ortho intramolecular Hbond substituents is 2. The topological polar surface area (TPSA) is 79.9 Å². The first-order chi connectivity index (χ1) is 12.8. The van der Waals surface area contributed by atoms with Gasteiger partial charge in [0.15, 0.2) is 17.3 Å². The third kappa shape index (κ3) is 4.85. The van der Waals surface area contributed by atoms with E-state index in [9.17, 15) is 15.0 Å². The summed E-state index contributed by atoms with van der Waals surface area (Å²) in [6.07, 6.45) is 0.774. The second-order valence-electron chi connectivity index (χ2n) is 7.51. The SMILES string of the molecule is C[N+](C)(C)CCCOc1c(-c2ccc(O)c(O)c2)oc2ccccc2c1=O.[Br-]. The van der Waals surface area contributed by atoms with Gasteiger partial charge in [0.05, 0.1) is 39.7 Å². The van der Waals surface area contributed by atoms with E-state index >= 15 is 0 Å². The number of halogens is 1. The minimum atomic E-state index is -0.292. The molecule has 0 amide bonds. The lowest BCUT2D eigenvalue weighted by Gasteiger charge is -2.23. The zero-order chi connectivity index (χ0) is 19.6.